The van der Waals surface area contributed by atoms with Crippen LogP contribution < -0.4 is 24.8 Å². The van der Waals surface area contributed by atoms with Gasteiger partial charge in [-0.05, 0) is 0 Å². The van der Waals surface area contributed by atoms with Crippen LogP contribution in [-0.4, -0.2) is 0 Å². The molecule has 132 valence electrons. The maximum atomic E-state index is 3.54. The zero-order valence-corrected chi connectivity index (χ0v) is 18.1. The monoisotopic (exact) mass is 446 g/mol. The summed E-state index contributed by atoms with van der Waals surface area (Å²) >= 11 is 0. The Kier molecular flexibility index (Phi) is 16.2. The van der Waals surface area contributed by atoms with Gasteiger partial charge in [-0.3, -0.25) is 0 Å². The molecule has 0 amide bonds. The summed E-state index contributed by atoms with van der Waals surface area (Å²) < 4.78 is 0. The zero-order chi connectivity index (χ0) is 15.6. The van der Waals surface area contributed by atoms with E-state index in [0.717, 1.165) is 12.8 Å². The molecule has 0 nitrogen and oxygen atoms in total. The van der Waals surface area contributed by atoms with E-state index < -0.39 is 0 Å². The van der Waals surface area contributed by atoms with Crippen LogP contribution in [0.4, 0.5) is 0 Å². The van der Waals surface area contributed by atoms with Crippen molar-refractivity contribution in [3.8, 4) is 0 Å². The fourth-order valence-electron chi connectivity index (χ4n) is 2.14. The van der Waals surface area contributed by atoms with E-state index in [4.69, 9.17) is 0 Å². The second-order valence-electron chi connectivity index (χ2n) is 5.02. The van der Waals surface area contributed by atoms with E-state index in [9.17, 15) is 0 Å². The van der Waals surface area contributed by atoms with Crippen LogP contribution in [0.3, 0.4) is 0 Å². The third-order valence-corrected chi connectivity index (χ3v) is 3.35. The number of fused-ring (bicyclic) bond motifs is 2. The van der Waals surface area contributed by atoms with E-state index in [0.29, 0.717) is 0 Å². The number of rotatable bonds is 1. The molecule has 0 atom stereocenters. The average Bonchev–Trinajstić information content (AvgIpc) is 3.24. The second kappa shape index (κ2) is 15.4. The molecule has 0 spiro atoms. The summed E-state index contributed by atoms with van der Waals surface area (Å²) in [6.45, 7) is 7.08. The number of unbranched alkanes of at least 4 members (excludes halogenated alkanes) is 1. The maximum Gasteiger partial charge on any atom is 2.00 e. The minimum absolute atomic E-state index is 0. The molecule has 0 aliphatic rings. The van der Waals surface area contributed by atoms with Crippen LogP contribution in [0, 0.1) is 13.8 Å². The van der Waals surface area contributed by atoms with Crippen molar-refractivity contribution in [2.24, 2.45) is 0 Å². The molecule has 4 aromatic carbocycles. The Hall–Kier alpha value is -0.877. The normalized spacial score (nSPS) is 8.56. The average molecular weight is 449 g/mol. The first-order valence-electron chi connectivity index (χ1n) is 7.64. The Morgan fingerprint density at radius 1 is 0.600 bits per heavy atom. The molecule has 0 aliphatic carbocycles. The summed E-state index contributed by atoms with van der Waals surface area (Å²) in [7, 11) is 0. The maximum absolute atomic E-state index is 3.54. The Balaban J connectivity index is 0. The van der Waals surface area contributed by atoms with Gasteiger partial charge < -0.3 is 38.7 Å². The fourth-order valence-corrected chi connectivity index (χ4v) is 2.14. The van der Waals surface area contributed by atoms with Crippen molar-refractivity contribution in [2.45, 2.75) is 12.8 Å². The third kappa shape index (κ3) is 8.86. The van der Waals surface area contributed by atoms with Crippen molar-refractivity contribution in [1.29, 1.82) is 0 Å². The van der Waals surface area contributed by atoms with Crippen LogP contribution in [0.15, 0.2) is 84.9 Å². The molecule has 0 aromatic heterocycles. The quantitative estimate of drug-likeness (QED) is 0.374. The minimum Gasteiger partial charge on any atom is -1.00 e. The Morgan fingerprint density at radius 2 is 0.960 bits per heavy atom. The van der Waals surface area contributed by atoms with Crippen LogP contribution in [0.5, 0.6) is 0 Å². The summed E-state index contributed by atoms with van der Waals surface area (Å²) in [6, 6.07) is 29.3. The van der Waals surface area contributed by atoms with Gasteiger partial charge in [0, 0.05) is 0 Å². The second-order valence-corrected chi connectivity index (χ2v) is 5.02. The van der Waals surface area contributed by atoms with E-state index in [1.165, 1.54) is 21.5 Å². The van der Waals surface area contributed by atoms with Gasteiger partial charge in [0.25, 0.3) is 0 Å². The van der Waals surface area contributed by atoms with Crippen LogP contribution in [0.1, 0.15) is 12.8 Å². The molecule has 0 saturated heterocycles. The minimum atomic E-state index is 0. The number of halogens is 2. The van der Waals surface area contributed by atoms with Gasteiger partial charge in [0.2, 0.25) is 0 Å². The molecule has 0 aliphatic heterocycles. The predicted octanol–water partition coefficient (Wildman–Crippen LogP) is 0.558. The summed E-state index contributed by atoms with van der Waals surface area (Å²) in [5.41, 5.74) is 0. The van der Waals surface area contributed by atoms with E-state index in [1.807, 2.05) is 0 Å². The molecule has 0 unspecified atom stereocenters. The van der Waals surface area contributed by atoms with Crippen molar-refractivity contribution < 1.29 is 51.0 Å². The molecule has 25 heavy (non-hydrogen) atoms. The van der Waals surface area contributed by atoms with Crippen molar-refractivity contribution >= 4 is 21.5 Å². The molecule has 0 radical (unpaired) electrons. The summed E-state index contributed by atoms with van der Waals surface area (Å²) in [6.07, 6.45) is 1.92. The van der Waals surface area contributed by atoms with E-state index in [2.05, 4.69) is 98.8 Å². The number of hydrogen-bond acceptors (Lipinski definition) is 0. The molecule has 3 heteroatoms. The van der Waals surface area contributed by atoms with Gasteiger partial charge in [0.1, 0.15) is 0 Å². The van der Waals surface area contributed by atoms with Gasteiger partial charge in [-0.25, -0.2) is 12.8 Å². The molecule has 4 aromatic rings. The van der Waals surface area contributed by atoms with E-state index in [-0.39, 0.29) is 51.0 Å². The summed E-state index contributed by atoms with van der Waals surface area (Å²) in [4.78, 5) is 0. The van der Waals surface area contributed by atoms with Crippen LogP contribution >= 0.6 is 0 Å². The molecular weight excluding hydrogens is 426 g/mol. The van der Waals surface area contributed by atoms with Crippen LogP contribution in [-0.2, 0) is 26.2 Å². The summed E-state index contributed by atoms with van der Waals surface area (Å²) in [5.74, 6) is 0. The van der Waals surface area contributed by atoms with Gasteiger partial charge in [-0.2, -0.15) is 35.0 Å². The first kappa shape index (κ1) is 26.4. The topological polar surface area (TPSA) is 0 Å². The van der Waals surface area contributed by atoms with Gasteiger partial charge in [-0.15, -0.1) is 59.3 Å². The van der Waals surface area contributed by atoms with Gasteiger partial charge in [0.15, 0.2) is 0 Å². The Morgan fingerprint density at radius 3 is 1.28 bits per heavy atom. The first-order chi connectivity index (χ1) is 10.8. The van der Waals surface area contributed by atoms with E-state index in [1.54, 1.807) is 0 Å². The molecule has 0 saturated carbocycles. The zero-order valence-electron chi connectivity index (χ0n) is 14.2. The van der Waals surface area contributed by atoms with Crippen molar-refractivity contribution in [3.05, 3.63) is 98.8 Å². The molecule has 0 bridgehead atoms. The predicted molar refractivity (Wildman–Crippen MR) is 99.0 cm³/mol. The first-order valence-corrected chi connectivity index (χ1v) is 7.64. The van der Waals surface area contributed by atoms with Gasteiger partial charge >= 0.3 is 26.2 Å². The largest absolute Gasteiger partial charge is 2.00 e. The molecular formula is C22H22Cl2Zr-4. The van der Waals surface area contributed by atoms with Crippen molar-refractivity contribution in [3.63, 3.8) is 0 Å². The SMILES string of the molecule is [CH2-]CC[CH2-].[Cl-].[Cl-].[Zr+2].c1ccc2[cH-]ccc2c1.c1ccc2[cH-]ccc2c1. The number of benzene rings is 2. The van der Waals surface area contributed by atoms with Gasteiger partial charge in [0.05, 0.1) is 0 Å². The van der Waals surface area contributed by atoms with Crippen molar-refractivity contribution in [2.75, 3.05) is 0 Å². The molecule has 0 N–H and O–H groups in total. The van der Waals surface area contributed by atoms with Gasteiger partial charge in [-0.1, -0.05) is 12.1 Å². The molecule has 0 fully saturated rings. The number of hydrogen-bond donors (Lipinski definition) is 0. The Bertz CT molecular complexity index is 658. The van der Waals surface area contributed by atoms with E-state index >= 15 is 0 Å². The molecule has 0 heterocycles. The fraction of sp³-hybridized carbons (Fsp3) is 0.0909. The smallest absolute Gasteiger partial charge is 1.00 e. The van der Waals surface area contributed by atoms with Crippen LogP contribution in [0.2, 0.25) is 0 Å². The third-order valence-electron chi connectivity index (χ3n) is 3.35. The van der Waals surface area contributed by atoms with Crippen LogP contribution in [0.25, 0.3) is 21.5 Å². The molecule has 4 rings (SSSR count). The standard InChI is InChI=1S/2C9H7.C4H8.2ClH.Zr/c2*1-2-5-9-7-3-6-8(9)4-1;1-3-4-2;;;/h2*1-7H;1-4H2;2*1H;/q2*-1;-2;;;+2/p-2. The summed E-state index contributed by atoms with van der Waals surface area (Å²) in [5, 5.41) is 5.32. The van der Waals surface area contributed by atoms with Crippen molar-refractivity contribution in [1.82, 2.24) is 0 Å². The Labute approximate surface area is 183 Å².